The quantitative estimate of drug-likeness (QED) is 0.519. The number of ether oxygens (including phenoxy) is 1. The zero-order chi connectivity index (χ0) is 18.9. The van der Waals surface area contributed by atoms with E-state index in [1.165, 1.54) is 28.7 Å². The Morgan fingerprint density at radius 3 is 2.65 bits per heavy atom. The standard InChI is InChI=1S/C19H24N2O3S2/c1-4-14-6-8-15(9-7-14)13(3)20-17(22)12-26-19-21-16(11-25-19)10-18(23)24-5-2/h6-9,11,13H,4-5,10,12H2,1-3H3,(H,20,22)/t13-/m1/s1. The van der Waals surface area contributed by atoms with Crippen LogP contribution in [0.5, 0.6) is 0 Å². The van der Waals surface area contributed by atoms with E-state index in [1.807, 2.05) is 12.3 Å². The van der Waals surface area contributed by atoms with Gasteiger partial charge in [-0.15, -0.1) is 11.3 Å². The number of carbonyl (C=O) groups is 2. The number of benzene rings is 1. The van der Waals surface area contributed by atoms with Gasteiger partial charge in [0.1, 0.15) is 0 Å². The molecule has 0 spiro atoms. The molecule has 1 aromatic carbocycles. The molecule has 1 atom stereocenters. The summed E-state index contributed by atoms with van der Waals surface area (Å²) < 4.78 is 5.69. The normalized spacial score (nSPS) is 11.8. The molecule has 0 aliphatic rings. The monoisotopic (exact) mass is 392 g/mol. The predicted octanol–water partition coefficient (Wildman–Crippen LogP) is 3.78. The molecule has 0 fully saturated rings. The van der Waals surface area contributed by atoms with Crippen LogP contribution >= 0.6 is 23.1 Å². The number of nitrogens with zero attached hydrogens (tertiary/aromatic N) is 1. The maximum absolute atomic E-state index is 12.2. The minimum Gasteiger partial charge on any atom is -0.466 e. The second kappa shape index (κ2) is 10.3. The minimum absolute atomic E-state index is 0.0373. The molecule has 26 heavy (non-hydrogen) atoms. The van der Waals surface area contributed by atoms with Crippen LogP contribution < -0.4 is 5.32 Å². The van der Waals surface area contributed by atoms with Crippen molar-refractivity contribution in [3.8, 4) is 0 Å². The molecule has 2 aromatic rings. The Balaban J connectivity index is 1.79. The van der Waals surface area contributed by atoms with Gasteiger partial charge in [-0.3, -0.25) is 9.59 Å². The molecule has 0 unspecified atom stereocenters. The van der Waals surface area contributed by atoms with E-state index in [9.17, 15) is 9.59 Å². The van der Waals surface area contributed by atoms with Crippen molar-refractivity contribution in [1.82, 2.24) is 10.3 Å². The van der Waals surface area contributed by atoms with Gasteiger partial charge < -0.3 is 10.1 Å². The topological polar surface area (TPSA) is 68.3 Å². The van der Waals surface area contributed by atoms with Crippen LogP contribution in [0.15, 0.2) is 34.0 Å². The van der Waals surface area contributed by atoms with Crippen molar-refractivity contribution in [3.63, 3.8) is 0 Å². The third kappa shape index (κ3) is 6.46. The Morgan fingerprint density at radius 2 is 2.00 bits per heavy atom. The Hall–Kier alpha value is -1.86. The van der Waals surface area contributed by atoms with Crippen LogP contribution in [0.2, 0.25) is 0 Å². The van der Waals surface area contributed by atoms with E-state index in [0.29, 0.717) is 18.1 Å². The van der Waals surface area contributed by atoms with E-state index in [2.05, 4.69) is 41.5 Å². The van der Waals surface area contributed by atoms with Gasteiger partial charge in [0.25, 0.3) is 0 Å². The second-order valence-electron chi connectivity index (χ2n) is 5.76. The smallest absolute Gasteiger partial charge is 0.311 e. The highest BCUT2D eigenvalue weighted by molar-refractivity contribution is 8.01. The number of nitrogens with one attached hydrogen (secondary N) is 1. The van der Waals surface area contributed by atoms with Gasteiger partial charge in [-0.2, -0.15) is 0 Å². The summed E-state index contributed by atoms with van der Waals surface area (Å²) in [5, 5.41) is 4.83. The van der Waals surface area contributed by atoms with Crippen LogP contribution in [0, 0.1) is 0 Å². The number of carbonyl (C=O) groups excluding carboxylic acids is 2. The van der Waals surface area contributed by atoms with Crippen LogP contribution in [-0.2, 0) is 27.2 Å². The summed E-state index contributed by atoms with van der Waals surface area (Å²) in [5.74, 6) is -0.0248. The number of amides is 1. The number of rotatable bonds is 9. The molecular formula is C19H24N2O3S2. The van der Waals surface area contributed by atoms with Gasteiger partial charge >= 0.3 is 5.97 Å². The second-order valence-corrected chi connectivity index (χ2v) is 7.84. The van der Waals surface area contributed by atoms with E-state index >= 15 is 0 Å². The summed E-state index contributed by atoms with van der Waals surface area (Å²) in [6, 6.07) is 8.25. The molecule has 5 nitrogen and oxygen atoms in total. The maximum Gasteiger partial charge on any atom is 0.311 e. The van der Waals surface area contributed by atoms with Crippen LogP contribution in [0.3, 0.4) is 0 Å². The van der Waals surface area contributed by atoms with E-state index in [-0.39, 0.29) is 24.3 Å². The van der Waals surface area contributed by atoms with Gasteiger partial charge in [0.15, 0.2) is 4.34 Å². The molecule has 0 radical (unpaired) electrons. The van der Waals surface area contributed by atoms with Crippen LogP contribution in [-0.4, -0.2) is 29.2 Å². The molecule has 0 saturated heterocycles. The molecule has 1 amide bonds. The highest BCUT2D eigenvalue weighted by Crippen LogP contribution is 2.23. The van der Waals surface area contributed by atoms with Gasteiger partial charge in [-0.05, 0) is 31.4 Å². The van der Waals surface area contributed by atoms with E-state index in [1.54, 1.807) is 6.92 Å². The molecule has 0 saturated carbocycles. The van der Waals surface area contributed by atoms with Crippen molar-refractivity contribution < 1.29 is 14.3 Å². The molecule has 0 aliphatic heterocycles. The Bertz CT molecular complexity index is 729. The summed E-state index contributed by atoms with van der Waals surface area (Å²) in [7, 11) is 0. The van der Waals surface area contributed by atoms with Crippen LogP contribution in [0.1, 0.15) is 43.6 Å². The maximum atomic E-state index is 12.2. The molecule has 0 bridgehead atoms. The first kappa shape index (κ1) is 20.5. The summed E-state index contributed by atoms with van der Waals surface area (Å²) in [4.78, 5) is 28.0. The predicted molar refractivity (Wildman–Crippen MR) is 106 cm³/mol. The Morgan fingerprint density at radius 1 is 1.27 bits per heavy atom. The third-order valence-corrected chi connectivity index (χ3v) is 5.82. The van der Waals surface area contributed by atoms with E-state index in [4.69, 9.17) is 4.74 Å². The van der Waals surface area contributed by atoms with Crippen molar-refractivity contribution in [1.29, 1.82) is 0 Å². The zero-order valence-electron chi connectivity index (χ0n) is 15.3. The molecule has 1 aromatic heterocycles. The first-order valence-corrected chi connectivity index (χ1v) is 10.5. The van der Waals surface area contributed by atoms with E-state index in [0.717, 1.165) is 16.3 Å². The number of hydrogen-bond acceptors (Lipinski definition) is 6. The third-order valence-electron chi connectivity index (χ3n) is 3.75. The zero-order valence-corrected chi connectivity index (χ0v) is 16.9. The molecule has 0 aliphatic carbocycles. The number of thiazole rings is 1. The summed E-state index contributed by atoms with van der Waals surface area (Å²) >= 11 is 2.81. The lowest BCUT2D eigenvalue weighted by molar-refractivity contribution is -0.142. The van der Waals surface area contributed by atoms with Crippen molar-refractivity contribution >= 4 is 35.0 Å². The largest absolute Gasteiger partial charge is 0.466 e. The fourth-order valence-corrected chi connectivity index (χ4v) is 3.99. The highest BCUT2D eigenvalue weighted by Gasteiger charge is 2.12. The van der Waals surface area contributed by atoms with Gasteiger partial charge in [0.2, 0.25) is 5.91 Å². The SMILES string of the molecule is CCOC(=O)Cc1csc(SCC(=O)N[C@H](C)c2ccc(CC)cc2)n1. The lowest BCUT2D eigenvalue weighted by Crippen LogP contribution is -2.28. The number of esters is 1. The summed E-state index contributed by atoms with van der Waals surface area (Å²) in [6.45, 7) is 6.24. The Labute approximate surface area is 162 Å². The molecule has 1 N–H and O–H groups in total. The molecular weight excluding hydrogens is 368 g/mol. The molecule has 2 rings (SSSR count). The summed E-state index contributed by atoms with van der Waals surface area (Å²) in [5.41, 5.74) is 3.05. The van der Waals surface area contributed by atoms with Gasteiger partial charge in [0.05, 0.1) is 30.5 Å². The first-order valence-electron chi connectivity index (χ1n) is 8.62. The van der Waals surface area contributed by atoms with Crippen LogP contribution in [0.4, 0.5) is 0 Å². The minimum atomic E-state index is -0.282. The van der Waals surface area contributed by atoms with Crippen molar-refractivity contribution in [2.24, 2.45) is 0 Å². The van der Waals surface area contributed by atoms with E-state index < -0.39 is 0 Å². The number of aromatic nitrogens is 1. The Kier molecular flexibility index (Phi) is 8.12. The fourth-order valence-electron chi connectivity index (χ4n) is 2.33. The lowest BCUT2D eigenvalue weighted by Gasteiger charge is -2.14. The average Bonchev–Trinajstić information content (AvgIpc) is 3.07. The van der Waals surface area contributed by atoms with Gasteiger partial charge in [0, 0.05) is 5.38 Å². The van der Waals surface area contributed by atoms with Crippen molar-refractivity contribution in [2.75, 3.05) is 12.4 Å². The highest BCUT2D eigenvalue weighted by atomic mass is 32.2. The van der Waals surface area contributed by atoms with Crippen molar-refractivity contribution in [3.05, 3.63) is 46.5 Å². The molecule has 140 valence electrons. The average molecular weight is 393 g/mol. The lowest BCUT2D eigenvalue weighted by atomic mass is 10.1. The first-order chi connectivity index (χ1) is 12.5. The van der Waals surface area contributed by atoms with Gasteiger partial charge in [-0.25, -0.2) is 4.98 Å². The van der Waals surface area contributed by atoms with Crippen LogP contribution in [0.25, 0.3) is 0 Å². The molecule has 1 heterocycles. The summed E-state index contributed by atoms with van der Waals surface area (Å²) in [6.07, 6.45) is 1.17. The molecule has 7 heteroatoms. The van der Waals surface area contributed by atoms with Gasteiger partial charge in [-0.1, -0.05) is 43.0 Å². The number of hydrogen-bond donors (Lipinski definition) is 1. The van der Waals surface area contributed by atoms with Crippen molar-refractivity contribution in [2.45, 2.75) is 44.0 Å². The number of aryl methyl sites for hydroxylation is 1. The number of thioether (sulfide) groups is 1. The fraction of sp³-hybridized carbons (Fsp3) is 0.421.